The van der Waals surface area contributed by atoms with Gasteiger partial charge in [0.2, 0.25) is 0 Å². The predicted octanol–water partition coefficient (Wildman–Crippen LogP) is 3.25. The second-order valence-corrected chi connectivity index (χ2v) is 10.2. The summed E-state index contributed by atoms with van der Waals surface area (Å²) in [6, 6.07) is 19.5. The lowest BCUT2D eigenvalue weighted by molar-refractivity contribution is -0.165. The van der Waals surface area contributed by atoms with Crippen molar-refractivity contribution in [3.8, 4) is 0 Å². The largest absolute Gasteiger partial charge is 0.462 e. The second-order valence-electron chi connectivity index (χ2n) is 10.2. The molecule has 2 aliphatic heterocycles. The zero-order chi connectivity index (χ0) is 25.4. The molecule has 2 atom stereocenters. The van der Waals surface area contributed by atoms with Crippen molar-refractivity contribution >= 4 is 11.9 Å². The average molecular weight is 495 g/mol. The minimum Gasteiger partial charge on any atom is -0.462 e. The lowest BCUT2D eigenvalue weighted by atomic mass is 9.74. The number of amides is 1. The number of ether oxygens (including phenoxy) is 1. The number of hydrogen-bond acceptors (Lipinski definition) is 6. The van der Waals surface area contributed by atoms with Gasteiger partial charge in [0.15, 0.2) is 0 Å². The Morgan fingerprint density at radius 3 is 2.22 bits per heavy atom. The zero-order valence-corrected chi connectivity index (χ0v) is 20.9. The van der Waals surface area contributed by atoms with Gasteiger partial charge in [-0.3, -0.25) is 14.5 Å². The number of nitrogens with zero attached hydrogens (tertiary/aromatic N) is 2. The minimum atomic E-state index is -1.18. The van der Waals surface area contributed by atoms with Gasteiger partial charge in [-0.2, -0.15) is 0 Å². The molecule has 7 nitrogen and oxygen atoms in total. The number of carbonyl (C=O) groups is 2. The van der Waals surface area contributed by atoms with Crippen molar-refractivity contribution in [2.45, 2.75) is 57.3 Å². The monoisotopic (exact) mass is 494 g/mol. The lowest BCUT2D eigenvalue weighted by Gasteiger charge is -2.40. The maximum Gasteiger partial charge on any atom is 0.312 e. The van der Waals surface area contributed by atoms with Gasteiger partial charge in [0.25, 0.3) is 5.91 Å². The average Bonchev–Trinajstić information content (AvgIpc) is 2.92. The summed E-state index contributed by atoms with van der Waals surface area (Å²) in [6.45, 7) is 3.10. The normalized spacial score (nSPS) is 24.3. The summed E-state index contributed by atoms with van der Waals surface area (Å²) in [5, 5.41) is 20.9. The first-order valence-electron chi connectivity index (χ1n) is 13.1. The van der Waals surface area contributed by atoms with Gasteiger partial charge in [0, 0.05) is 25.2 Å². The molecular weight excluding hydrogens is 456 g/mol. The molecule has 1 amide bonds. The standard InChI is InChI=1S/C29H38N2O5/c32-25-13-18-31(27(34)24-11-5-2-6-12-24)17-8-7-14-29(28(35)36-22-26(25)33)15-19-30(20-16-29)21-23-9-3-1-4-10-23/h1-6,9-12,25-26,32-33H,7-8,13-22H2/t25-,26+/m0/s1. The van der Waals surface area contributed by atoms with Crippen LogP contribution in [0.1, 0.15) is 54.4 Å². The Morgan fingerprint density at radius 1 is 0.861 bits per heavy atom. The number of hydrogen-bond donors (Lipinski definition) is 2. The van der Waals surface area contributed by atoms with Crippen molar-refractivity contribution < 1.29 is 24.5 Å². The van der Waals surface area contributed by atoms with Crippen molar-refractivity contribution in [1.29, 1.82) is 0 Å². The molecule has 0 aliphatic carbocycles. The van der Waals surface area contributed by atoms with Crippen LogP contribution in [0.4, 0.5) is 0 Å². The van der Waals surface area contributed by atoms with E-state index in [1.165, 1.54) is 5.56 Å². The first-order chi connectivity index (χ1) is 17.5. The van der Waals surface area contributed by atoms with Crippen LogP contribution in [-0.4, -0.2) is 76.9 Å². The van der Waals surface area contributed by atoms with Crippen LogP contribution in [0.2, 0.25) is 0 Å². The summed E-state index contributed by atoms with van der Waals surface area (Å²) in [6.07, 6.45) is 1.62. The molecule has 2 N–H and O–H groups in total. The molecule has 7 heteroatoms. The molecule has 0 saturated carbocycles. The molecule has 2 heterocycles. The van der Waals surface area contributed by atoms with Crippen molar-refractivity contribution in [2.75, 3.05) is 32.8 Å². The van der Waals surface area contributed by atoms with E-state index < -0.39 is 17.6 Å². The molecule has 2 aromatic carbocycles. The van der Waals surface area contributed by atoms with Crippen LogP contribution < -0.4 is 0 Å². The third kappa shape index (κ3) is 6.72. The molecule has 2 aromatic rings. The van der Waals surface area contributed by atoms with Crippen LogP contribution >= 0.6 is 0 Å². The SMILES string of the molecule is O=C(c1ccccc1)N1CCCCC2(CCN(Cc3ccccc3)CC2)C(=O)OC[C@@H](O)[C@@H](O)CC1. The fourth-order valence-corrected chi connectivity index (χ4v) is 5.29. The van der Waals surface area contributed by atoms with E-state index in [2.05, 4.69) is 17.0 Å². The highest BCUT2D eigenvalue weighted by molar-refractivity contribution is 5.94. The van der Waals surface area contributed by atoms with Gasteiger partial charge in [-0.05, 0) is 62.9 Å². The van der Waals surface area contributed by atoms with Gasteiger partial charge >= 0.3 is 5.97 Å². The van der Waals surface area contributed by atoms with E-state index in [4.69, 9.17) is 4.74 Å². The maximum atomic E-state index is 13.3. The molecule has 0 aromatic heterocycles. The molecule has 2 saturated heterocycles. The van der Waals surface area contributed by atoms with Crippen molar-refractivity contribution in [3.05, 3.63) is 71.8 Å². The van der Waals surface area contributed by atoms with E-state index in [9.17, 15) is 19.8 Å². The van der Waals surface area contributed by atoms with Gasteiger partial charge in [-0.25, -0.2) is 0 Å². The summed E-state index contributed by atoms with van der Waals surface area (Å²) in [5.41, 5.74) is 1.27. The summed E-state index contributed by atoms with van der Waals surface area (Å²) >= 11 is 0. The Hall–Kier alpha value is -2.74. The van der Waals surface area contributed by atoms with Crippen LogP contribution in [0.25, 0.3) is 0 Å². The van der Waals surface area contributed by atoms with Crippen LogP contribution in [-0.2, 0) is 16.1 Å². The molecule has 1 spiro atoms. The third-order valence-corrected chi connectivity index (χ3v) is 7.66. The van der Waals surface area contributed by atoms with E-state index in [1.807, 2.05) is 36.4 Å². The summed E-state index contributed by atoms with van der Waals surface area (Å²) in [5.74, 6) is -0.354. The number of rotatable bonds is 3. The van der Waals surface area contributed by atoms with Crippen molar-refractivity contribution in [2.24, 2.45) is 5.41 Å². The van der Waals surface area contributed by atoms with Crippen LogP contribution in [0.3, 0.4) is 0 Å². The topological polar surface area (TPSA) is 90.3 Å². The first kappa shape index (κ1) is 26.3. The number of benzene rings is 2. The fraction of sp³-hybridized carbons (Fsp3) is 0.517. The number of aliphatic hydroxyl groups excluding tert-OH is 2. The molecule has 0 radical (unpaired) electrons. The molecule has 2 fully saturated rings. The molecule has 36 heavy (non-hydrogen) atoms. The van der Waals surface area contributed by atoms with Gasteiger partial charge in [-0.15, -0.1) is 0 Å². The summed E-state index contributed by atoms with van der Waals surface area (Å²) in [4.78, 5) is 30.5. The van der Waals surface area contributed by atoms with Crippen LogP contribution in [0.15, 0.2) is 60.7 Å². The molecule has 0 unspecified atom stereocenters. The Balaban J connectivity index is 1.43. The van der Waals surface area contributed by atoms with Crippen LogP contribution in [0.5, 0.6) is 0 Å². The summed E-state index contributed by atoms with van der Waals surface area (Å²) in [7, 11) is 0. The number of aliphatic hydroxyl groups is 2. The highest BCUT2D eigenvalue weighted by Crippen LogP contribution is 2.38. The number of carbonyl (C=O) groups excluding carboxylic acids is 2. The summed E-state index contributed by atoms with van der Waals surface area (Å²) < 4.78 is 5.58. The van der Waals surface area contributed by atoms with E-state index in [1.54, 1.807) is 17.0 Å². The Kier molecular flexibility index (Phi) is 9.13. The fourth-order valence-electron chi connectivity index (χ4n) is 5.29. The quantitative estimate of drug-likeness (QED) is 0.637. The van der Waals surface area contributed by atoms with E-state index in [0.29, 0.717) is 37.9 Å². The Morgan fingerprint density at radius 2 is 1.53 bits per heavy atom. The third-order valence-electron chi connectivity index (χ3n) is 7.66. The van der Waals surface area contributed by atoms with Gasteiger partial charge in [0.05, 0.1) is 11.5 Å². The number of esters is 1. The number of piperidine rings is 1. The van der Waals surface area contributed by atoms with Crippen molar-refractivity contribution in [1.82, 2.24) is 9.80 Å². The minimum absolute atomic E-state index is 0.0802. The number of likely N-dealkylation sites (tertiary alicyclic amines) is 1. The second kappa shape index (κ2) is 12.5. The van der Waals surface area contributed by atoms with Gasteiger partial charge < -0.3 is 19.8 Å². The van der Waals surface area contributed by atoms with Gasteiger partial charge in [-0.1, -0.05) is 55.0 Å². The molecule has 0 bridgehead atoms. The number of cyclic esters (lactones) is 1. The van der Waals surface area contributed by atoms with Gasteiger partial charge in [0.1, 0.15) is 12.7 Å². The Bertz CT molecular complexity index is 976. The zero-order valence-electron chi connectivity index (χ0n) is 20.9. The predicted molar refractivity (Wildman–Crippen MR) is 137 cm³/mol. The van der Waals surface area contributed by atoms with E-state index >= 15 is 0 Å². The van der Waals surface area contributed by atoms with Crippen LogP contribution in [0, 0.1) is 5.41 Å². The maximum absolute atomic E-state index is 13.3. The first-order valence-corrected chi connectivity index (χ1v) is 13.1. The molecular formula is C29H38N2O5. The smallest absolute Gasteiger partial charge is 0.312 e. The van der Waals surface area contributed by atoms with Crippen molar-refractivity contribution in [3.63, 3.8) is 0 Å². The Labute approximate surface area is 213 Å². The highest BCUT2D eigenvalue weighted by Gasteiger charge is 2.42. The van der Waals surface area contributed by atoms with E-state index in [-0.39, 0.29) is 24.9 Å². The highest BCUT2D eigenvalue weighted by atomic mass is 16.5. The van der Waals surface area contributed by atoms with E-state index in [0.717, 1.165) is 32.5 Å². The lowest BCUT2D eigenvalue weighted by Crippen LogP contribution is -2.45. The molecule has 2 aliphatic rings. The molecule has 4 rings (SSSR count). The molecule has 194 valence electrons.